The van der Waals surface area contributed by atoms with Gasteiger partial charge in [-0.2, -0.15) is 5.10 Å². The fourth-order valence-corrected chi connectivity index (χ4v) is 3.03. The van der Waals surface area contributed by atoms with Crippen LogP contribution in [0.15, 0.2) is 42.7 Å². The highest BCUT2D eigenvalue weighted by molar-refractivity contribution is 5.15. The second kappa shape index (κ2) is 7.05. The Morgan fingerprint density at radius 2 is 2.14 bits per heavy atom. The van der Waals surface area contributed by atoms with Crippen molar-refractivity contribution in [1.29, 1.82) is 0 Å². The first-order valence-corrected chi connectivity index (χ1v) is 7.84. The number of nitrogens with one attached hydrogen (secondary N) is 1. The van der Waals surface area contributed by atoms with Crippen LogP contribution in [0.1, 0.15) is 17.5 Å². The Hall–Kier alpha value is -1.69. The smallest absolute Gasteiger partial charge is 0.0680 e. The van der Waals surface area contributed by atoms with Crippen molar-refractivity contribution in [2.45, 2.75) is 31.7 Å². The number of aromatic nitrogens is 2. The zero-order valence-corrected chi connectivity index (χ0v) is 13.0. The number of likely N-dealkylation sites (N-methyl/N-ethyl adjacent to an activating group) is 1. The topological polar surface area (TPSA) is 53.3 Å². The van der Waals surface area contributed by atoms with Crippen molar-refractivity contribution in [1.82, 2.24) is 20.0 Å². The van der Waals surface area contributed by atoms with Crippen LogP contribution in [0.25, 0.3) is 0 Å². The minimum atomic E-state index is -0.188. The molecule has 0 amide bonds. The van der Waals surface area contributed by atoms with Crippen LogP contribution >= 0.6 is 0 Å². The van der Waals surface area contributed by atoms with Crippen LogP contribution < -0.4 is 5.32 Å². The maximum Gasteiger partial charge on any atom is 0.0680 e. The lowest BCUT2D eigenvalue weighted by atomic mass is 10.2. The van der Waals surface area contributed by atoms with Gasteiger partial charge in [-0.25, -0.2) is 0 Å². The van der Waals surface area contributed by atoms with E-state index in [9.17, 15) is 5.11 Å². The third-order valence-corrected chi connectivity index (χ3v) is 4.06. The highest BCUT2D eigenvalue weighted by atomic mass is 16.3. The summed E-state index contributed by atoms with van der Waals surface area (Å²) in [6, 6.07) is 10.8. The largest absolute Gasteiger partial charge is 0.392 e. The number of rotatable bonds is 6. The molecule has 5 heteroatoms. The monoisotopic (exact) mass is 300 g/mol. The van der Waals surface area contributed by atoms with Crippen molar-refractivity contribution in [3.05, 3.63) is 53.9 Å². The summed E-state index contributed by atoms with van der Waals surface area (Å²) in [6.07, 6.45) is 4.71. The lowest BCUT2D eigenvalue weighted by Gasteiger charge is -2.20. The molecule has 22 heavy (non-hydrogen) atoms. The molecule has 3 rings (SSSR count). The second-order valence-electron chi connectivity index (χ2n) is 6.22. The van der Waals surface area contributed by atoms with Crippen LogP contribution in [0.5, 0.6) is 0 Å². The molecule has 2 atom stereocenters. The van der Waals surface area contributed by atoms with Gasteiger partial charge >= 0.3 is 0 Å². The van der Waals surface area contributed by atoms with Crippen LogP contribution in [0, 0.1) is 0 Å². The SMILES string of the molecule is CN(Cc1cnn(Cc2ccccc2)c1)C[C@@H]1C[C@@H](O)CN1. The van der Waals surface area contributed by atoms with E-state index in [1.165, 1.54) is 11.1 Å². The minimum Gasteiger partial charge on any atom is -0.392 e. The lowest BCUT2D eigenvalue weighted by Crippen LogP contribution is -2.34. The Morgan fingerprint density at radius 1 is 1.32 bits per heavy atom. The standard InChI is InChI=1S/C17H24N4O/c1-20(13-16-7-17(22)9-18-16)10-15-8-19-21(12-15)11-14-5-3-2-4-6-14/h2-6,8,12,16-18,22H,7,9-11,13H2,1H3/t16-,17+/m0/s1. The van der Waals surface area contributed by atoms with Gasteiger partial charge < -0.3 is 15.3 Å². The van der Waals surface area contributed by atoms with Gasteiger partial charge in [-0.05, 0) is 19.0 Å². The average molecular weight is 300 g/mol. The zero-order valence-electron chi connectivity index (χ0n) is 13.0. The van der Waals surface area contributed by atoms with E-state index in [1.54, 1.807) is 0 Å². The average Bonchev–Trinajstić information content (AvgIpc) is 3.09. The molecule has 5 nitrogen and oxygen atoms in total. The highest BCUT2D eigenvalue weighted by Crippen LogP contribution is 2.10. The molecule has 2 N–H and O–H groups in total. The summed E-state index contributed by atoms with van der Waals surface area (Å²) >= 11 is 0. The molecule has 0 aliphatic carbocycles. The number of hydrogen-bond acceptors (Lipinski definition) is 4. The summed E-state index contributed by atoms with van der Waals surface area (Å²) in [7, 11) is 2.11. The van der Waals surface area contributed by atoms with E-state index >= 15 is 0 Å². The van der Waals surface area contributed by atoms with Crippen molar-refractivity contribution in [2.24, 2.45) is 0 Å². The summed E-state index contributed by atoms with van der Waals surface area (Å²) in [5.74, 6) is 0. The van der Waals surface area contributed by atoms with E-state index in [2.05, 4.69) is 52.8 Å². The molecule has 1 aliphatic rings. The van der Waals surface area contributed by atoms with Gasteiger partial charge in [0.15, 0.2) is 0 Å². The molecule has 2 aromatic rings. The number of hydrogen-bond donors (Lipinski definition) is 2. The van der Waals surface area contributed by atoms with Crippen LogP contribution in [0.3, 0.4) is 0 Å². The quantitative estimate of drug-likeness (QED) is 0.838. The summed E-state index contributed by atoms with van der Waals surface area (Å²) < 4.78 is 1.98. The molecule has 0 saturated carbocycles. The molecule has 0 spiro atoms. The predicted octanol–water partition coefficient (Wildman–Crippen LogP) is 1.09. The number of aliphatic hydroxyl groups is 1. The predicted molar refractivity (Wildman–Crippen MR) is 86.5 cm³/mol. The number of nitrogens with zero attached hydrogens (tertiary/aromatic N) is 3. The lowest BCUT2D eigenvalue weighted by molar-refractivity contribution is 0.189. The minimum absolute atomic E-state index is 0.188. The van der Waals surface area contributed by atoms with Crippen molar-refractivity contribution in [2.75, 3.05) is 20.1 Å². The number of benzene rings is 1. The maximum atomic E-state index is 9.55. The van der Waals surface area contributed by atoms with Crippen molar-refractivity contribution >= 4 is 0 Å². The van der Waals surface area contributed by atoms with E-state index in [-0.39, 0.29) is 6.10 Å². The molecule has 1 aliphatic heterocycles. The van der Waals surface area contributed by atoms with Gasteiger partial charge in [-0.15, -0.1) is 0 Å². The van der Waals surface area contributed by atoms with Crippen LogP contribution in [0.2, 0.25) is 0 Å². The van der Waals surface area contributed by atoms with Crippen molar-refractivity contribution in [3.8, 4) is 0 Å². The second-order valence-corrected chi connectivity index (χ2v) is 6.22. The Balaban J connectivity index is 1.50. The molecule has 1 fully saturated rings. The summed E-state index contributed by atoms with van der Waals surface area (Å²) in [5, 5.41) is 17.3. The van der Waals surface area contributed by atoms with Gasteiger partial charge in [0.05, 0.1) is 18.8 Å². The first kappa shape index (κ1) is 15.2. The first-order chi connectivity index (χ1) is 10.7. The summed E-state index contributed by atoms with van der Waals surface area (Å²) in [4.78, 5) is 2.28. The fraction of sp³-hybridized carbons (Fsp3) is 0.471. The van der Waals surface area contributed by atoms with Gasteiger partial charge in [0.1, 0.15) is 0 Å². The Morgan fingerprint density at radius 3 is 2.86 bits per heavy atom. The molecule has 1 aromatic heterocycles. The third-order valence-electron chi connectivity index (χ3n) is 4.06. The molecule has 0 unspecified atom stereocenters. The highest BCUT2D eigenvalue weighted by Gasteiger charge is 2.22. The molecule has 1 aromatic carbocycles. The third kappa shape index (κ3) is 4.16. The maximum absolute atomic E-state index is 9.55. The Kier molecular flexibility index (Phi) is 4.87. The van der Waals surface area contributed by atoms with Crippen LogP contribution in [-0.4, -0.2) is 52.1 Å². The fourth-order valence-electron chi connectivity index (χ4n) is 3.03. The van der Waals surface area contributed by atoms with Crippen LogP contribution in [-0.2, 0) is 13.1 Å². The molecule has 1 saturated heterocycles. The summed E-state index contributed by atoms with van der Waals surface area (Å²) in [6.45, 7) is 3.35. The first-order valence-electron chi connectivity index (χ1n) is 7.84. The van der Waals surface area contributed by atoms with Gasteiger partial charge in [-0.3, -0.25) is 4.68 Å². The van der Waals surface area contributed by atoms with Crippen molar-refractivity contribution in [3.63, 3.8) is 0 Å². The zero-order chi connectivity index (χ0) is 15.4. The molecule has 0 radical (unpaired) electrons. The molecular formula is C17H24N4O. The molecule has 118 valence electrons. The number of β-amino-alcohol motifs (C(OH)–C–C–N with tert-alkyl or cyclic N) is 1. The van der Waals surface area contributed by atoms with E-state index in [1.807, 2.05) is 16.9 Å². The normalized spacial score (nSPS) is 21.6. The van der Waals surface area contributed by atoms with E-state index in [4.69, 9.17) is 0 Å². The van der Waals surface area contributed by atoms with Gasteiger partial charge in [0, 0.05) is 37.4 Å². The van der Waals surface area contributed by atoms with Crippen molar-refractivity contribution < 1.29 is 5.11 Å². The summed E-state index contributed by atoms with van der Waals surface area (Å²) in [5.41, 5.74) is 2.48. The van der Waals surface area contributed by atoms with E-state index in [0.717, 1.165) is 26.1 Å². The van der Waals surface area contributed by atoms with Gasteiger partial charge in [0.2, 0.25) is 0 Å². The molecule has 2 heterocycles. The number of aliphatic hydroxyl groups excluding tert-OH is 1. The van der Waals surface area contributed by atoms with Crippen LogP contribution in [0.4, 0.5) is 0 Å². The van der Waals surface area contributed by atoms with E-state index in [0.29, 0.717) is 12.6 Å². The molecular weight excluding hydrogens is 276 g/mol. The Labute approximate surface area is 131 Å². The molecule has 0 bridgehead atoms. The van der Waals surface area contributed by atoms with Gasteiger partial charge in [0.25, 0.3) is 0 Å². The van der Waals surface area contributed by atoms with E-state index < -0.39 is 0 Å². The Bertz CT molecular complexity index is 583. The van der Waals surface area contributed by atoms with Gasteiger partial charge in [-0.1, -0.05) is 30.3 Å².